The smallest absolute Gasteiger partial charge is 0.411 e. The second-order valence-electron chi connectivity index (χ2n) is 4.36. The van der Waals surface area contributed by atoms with Gasteiger partial charge in [-0.3, -0.25) is 5.32 Å². The van der Waals surface area contributed by atoms with E-state index >= 15 is 0 Å². The third-order valence-corrected chi connectivity index (χ3v) is 3.17. The van der Waals surface area contributed by atoms with Crippen molar-refractivity contribution < 1.29 is 9.53 Å². The average Bonchev–Trinajstić information content (AvgIpc) is 2.77. The van der Waals surface area contributed by atoms with Crippen LogP contribution in [0.3, 0.4) is 0 Å². The largest absolute Gasteiger partial charge is 0.446 e. The zero-order chi connectivity index (χ0) is 12.1. The Morgan fingerprint density at radius 1 is 1.35 bits per heavy atom. The molecule has 0 bridgehead atoms. The molecule has 1 aromatic carbocycles. The first-order valence-corrected chi connectivity index (χ1v) is 6.02. The zero-order valence-electron chi connectivity index (χ0n) is 9.76. The van der Waals surface area contributed by atoms with Crippen LogP contribution in [0.4, 0.5) is 10.5 Å². The fraction of sp³-hybridized carbons (Fsp3) is 0.462. The lowest BCUT2D eigenvalue weighted by atomic mass is 10.1. The highest BCUT2D eigenvalue weighted by Gasteiger charge is 2.29. The molecule has 0 aliphatic heterocycles. The number of anilines is 1. The van der Waals surface area contributed by atoms with Gasteiger partial charge in [-0.05, 0) is 37.9 Å². The van der Waals surface area contributed by atoms with Gasteiger partial charge in [0.25, 0.3) is 0 Å². The van der Waals surface area contributed by atoms with E-state index in [1.54, 1.807) is 0 Å². The number of benzene rings is 1. The highest BCUT2D eigenvalue weighted by Crippen LogP contribution is 2.27. The molecule has 4 heteroatoms. The van der Waals surface area contributed by atoms with E-state index in [-0.39, 0.29) is 12.2 Å². The van der Waals surface area contributed by atoms with Crippen molar-refractivity contribution in [3.63, 3.8) is 0 Å². The first-order valence-electron chi connectivity index (χ1n) is 6.02. The summed E-state index contributed by atoms with van der Waals surface area (Å²) in [6.07, 6.45) is 2.65. The van der Waals surface area contributed by atoms with Crippen LogP contribution in [0.15, 0.2) is 30.3 Å². The van der Waals surface area contributed by atoms with Gasteiger partial charge in [-0.1, -0.05) is 18.2 Å². The summed E-state index contributed by atoms with van der Waals surface area (Å²) in [5.74, 6) is 0.316. The van der Waals surface area contributed by atoms with Gasteiger partial charge in [0.1, 0.15) is 6.10 Å². The SMILES string of the molecule is NCC1CCCC1OC(=O)Nc1ccccc1. The van der Waals surface area contributed by atoms with Crippen molar-refractivity contribution in [1.82, 2.24) is 0 Å². The number of carbonyl (C=O) groups is 1. The summed E-state index contributed by atoms with van der Waals surface area (Å²) in [6, 6.07) is 9.30. The average molecular weight is 234 g/mol. The first kappa shape index (κ1) is 11.9. The minimum Gasteiger partial charge on any atom is -0.446 e. The minimum atomic E-state index is -0.387. The molecule has 0 heterocycles. The van der Waals surface area contributed by atoms with Crippen molar-refractivity contribution >= 4 is 11.8 Å². The molecule has 92 valence electrons. The Morgan fingerprint density at radius 2 is 2.12 bits per heavy atom. The number of hydrogen-bond acceptors (Lipinski definition) is 3. The van der Waals surface area contributed by atoms with E-state index in [1.165, 1.54) is 0 Å². The molecule has 0 spiro atoms. The molecule has 2 atom stereocenters. The molecule has 1 amide bonds. The number of carbonyl (C=O) groups excluding carboxylic acids is 1. The number of rotatable bonds is 3. The molecular weight excluding hydrogens is 216 g/mol. The number of nitrogens with one attached hydrogen (secondary N) is 1. The fourth-order valence-electron chi connectivity index (χ4n) is 2.23. The van der Waals surface area contributed by atoms with E-state index in [0.29, 0.717) is 12.5 Å². The van der Waals surface area contributed by atoms with Crippen molar-refractivity contribution in [3.05, 3.63) is 30.3 Å². The molecule has 1 aliphatic rings. The normalized spacial score (nSPS) is 23.4. The summed E-state index contributed by atoms with van der Waals surface area (Å²) < 4.78 is 5.39. The summed E-state index contributed by atoms with van der Waals surface area (Å²) >= 11 is 0. The van der Waals surface area contributed by atoms with Crippen molar-refractivity contribution in [1.29, 1.82) is 0 Å². The summed E-state index contributed by atoms with van der Waals surface area (Å²) in [5, 5.41) is 2.71. The van der Waals surface area contributed by atoms with Gasteiger partial charge >= 0.3 is 6.09 Å². The van der Waals surface area contributed by atoms with Crippen LogP contribution in [-0.2, 0) is 4.74 Å². The van der Waals surface area contributed by atoms with Gasteiger partial charge in [0.15, 0.2) is 0 Å². The van der Waals surface area contributed by atoms with Crippen LogP contribution < -0.4 is 11.1 Å². The maximum absolute atomic E-state index is 11.7. The summed E-state index contributed by atoms with van der Waals surface area (Å²) in [5.41, 5.74) is 6.39. The van der Waals surface area contributed by atoms with E-state index in [1.807, 2.05) is 30.3 Å². The van der Waals surface area contributed by atoms with Gasteiger partial charge in [-0.2, -0.15) is 0 Å². The monoisotopic (exact) mass is 234 g/mol. The fourth-order valence-corrected chi connectivity index (χ4v) is 2.23. The molecule has 2 rings (SSSR count). The highest BCUT2D eigenvalue weighted by atomic mass is 16.6. The van der Waals surface area contributed by atoms with Crippen LogP contribution in [0.2, 0.25) is 0 Å². The molecular formula is C13H18N2O2. The molecule has 1 saturated carbocycles. The molecule has 17 heavy (non-hydrogen) atoms. The number of ether oxygens (including phenoxy) is 1. The van der Waals surface area contributed by atoms with Crippen molar-refractivity contribution in [2.45, 2.75) is 25.4 Å². The molecule has 1 aliphatic carbocycles. The number of para-hydroxylation sites is 1. The van der Waals surface area contributed by atoms with Gasteiger partial charge in [0.05, 0.1) is 0 Å². The molecule has 4 nitrogen and oxygen atoms in total. The first-order chi connectivity index (χ1) is 8.29. The number of nitrogens with two attached hydrogens (primary N) is 1. The lowest BCUT2D eigenvalue weighted by Gasteiger charge is -2.18. The molecule has 0 aromatic heterocycles. The minimum absolute atomic E-state index is 0.0243. The molecule has 2 unspecified atom stereocenters. The van der Waals surface area contributed by atoms with Crippen molar-refractivity contribution in [2.75, 3.05) is 11.9 Å². The molecule has 0 radical (unpaired) electrons. The van der Waals surface area contributed by atoms with Gasteiger partial charge in [0, 0.05) is 11.6 Å². The summed E-state index contributed by atoms with van der Waals surface area (Å²) in [4.78, 5) is 11.7. The van der Waals surface area contributed by atoms with Gasteiger partial charge < -0.3 is 10.5 Å². The Balaban J connectivity index is 1.85. The quantitative estimate of drug-likeness (QED) is 0.843. The van der Waals surface area contributed by atoms with Gasteiger partial charge in [-0.15, -0.1) is 0 Å². The maximum atomic E-state index is 11.7. The Labute approximate surface area is 101 Å². The number of amides is 1. The predicted molar refractivity (Wildman–Crippen MR) is 66.7 cm³/mol. The van der Waals surface area contributed by atoms with Crippen molar-refractivity contribution in [3.8, 4) is 0 Å². The van der Waals surface area contributed by atoms with E-state index in [9.17, 15) is 4.79 Å². The third-order valence-electron chi connectivity index (χ3n) is 3.17. The lowest BCUT2D eigenvalue weighted by Crippen LogP contribution is -2.29. The van der Waals surface area contributed by atoms with Crippen LogP contribution in [0, 0.1) is 5.92 Å². The standard InChI is InChI=1S/C13H18N2O2/c14-9-10-5-4-8-12(10)17-13(16)15-11-6-2-1-3-7-11/h1-3,6-7,10,12H,4-5,8-9,14H2,(H,15,16). The Kier molecular flexibility index (Phi) is 3.98. The highest BCUT2D eigenvalue weighted by molar-refractivity contribution is 5.84. The third kappa shape index (κ3) is 3.20. The summed E-state index contributed by atoms with van der Waals surface area (Å²) in [6.45, 7) is 0.587. The second kappa shape index (κ2) is 5.68. The van der Waals surface area contributed by atoms with Crippen LogP contribution in [0.25, 0.3) is 0 Å². The van der Waals surface area contributed by atoms with Crippen LogP contribution in [0.1, 0.15) is 19.3 Å². The van der Waals surface area contributed by atoms with Crippen LogP contribution in [-0.4, -0.2) is 18.7 Å². The zero-order valence-corrected chi connectivity index (χ0v) is 9.76. The van der Waals surface area contributed by atoms with E-state index < -0.39 is 0 Å². The Morgan fingerprint density at radius 3 is 2.82 bits per heavy atom. The molecule has 1 aromatic rings. The van der Waals surface area contributed by atoms with Gasteiger partial charge in [0.2, 0.25) is 0 Å². The van der Waals surface area contributed by atoms with E-state index in [4.69, 9.17) is 10.5 Å². The predicted octanol–water partition coefficient (Wildman–Crippen LogP) is 2.36. The van der Waals surface area contributed by atoms with E-state index in [2.05, 4.69) is 5.32 Å². The van der Waals surface area contributed by atoms with Crippen LogP contribution >= 0.6 is 0 Å². The van der Waals surface area contributed by atoms with E-state index in [0.717, 1.165) is 24.9 Å². The maximum Gasteiger partial charge on any atom is 0.411 e. The van der Waals surface area contributed by atoms with Crippen LogP contribution in [0.5, 0.6) is 0 Å². The molecule has 3 N–H and O–H groups in total. The molecule has 1 fully saturated rings. The second-order valence-corrected chi connectivity index (χ2v) is 4.36. The lowest BCUT2D eigenvalue weighted by molar-refractivity contribution is 0.0893. The molecule has 0 saturated heterocycles. The Bertz CT molecular complexity index is 367. The number of hydrogen-bond donors (Lipinski definition) is 2. The topological polar surface area (TPSA) is 64.3 Å². The van der Waals surface area contributed by atoms with Gasteiger partial charge in [-0.25, -0.2) is 4.79 Å². The summed E-state index contributed by atoms with van der Waals surface area (Å²) in [7, 11) is 0. The Hall–Kier alpha value is -1.55. The van der Waals surface area contributed by atoms with Crippen molar-refractivity contribution in [2.24, 2.45) is 11.7 Å².